The highest BCUT2D eigenvalue weighted by atomic mass is 16.5. The molecule has 0 aliphatic carbocycles. The van der Waals surface area contributed by atoms with Gasteiger partial charge in [-0.15, -0.1) is 0 Å². The van der Waals surface area contributed by atoms with Crippen LogP contribution in [-0.2, 0) is 40.6 Å². The van der Waals surface area contributed by atoms with E-state index < -0.39 is 34.9 Å². The third kappa shape index (κ3) is 16.3. The third-order valence-electron chi connectivity index (χ3n) is 12.0. The largest absolute Gasteiger partial charge is 0.494 e. The van der Waals surface area contributed by atoms with Crippen molar-refractivity contribution < 1.29 is 48.3 Å². The molecule has 0 fully saturated rings. The molecule has 0 aromatic heterocycles. The van der Waals surface area contributed by atoms with E-state index in [1.54, 1.807) is 54.6 Å². The molecule has 67 heavy (non-hydrogen) atoms. The Morgan fingerprint density at radius 1 is 0.567 bits per heavy atom. The lowest BCUT2D eigenvalue weighted by Crippen LogP contribution is -2.65. The lowest BCUT2D eigenvalue weighted by molar-refractivity contribution is -0.174. The summed E-state index contributed by atoms with van der Waals surface area (Å²) in [6.45, 7) is 5.63. The molecule has 0 aliphatic rings. The van der Waals surface area contributed by atoms with Gasteiger partial charge in [0.05, 0.1) is 38.0 Å². The van der Waals surface area contributed by atoms with Crippen molar-refractivity contribution in [2.24, 2.45) is 16.9 Å². The fourth-order valence-corrected chi connectivity index (χ4v) is 8.44. The number of esters is 2. The van der Waals surface area contributed by atoms with Crippen LogP contribution >= 0.6 is 0 Å². The number of aliphatic carboxylic acids is 2. The molecule has 0 saturated carbocycles. The predicted octanol–water partition coefficient (Wildman–Crippen LogP) is 10.6. The number of aryl methyl sites for hydroxylation is 1. The standard InChI is InChI=1S/C55H70N2O10/c1-3-64-46-33-27-42(28-34-46)31-37-49(58)66-40-20-11-7-5-9-14-22-44-23-17-18-26-48(44)54(57,55(52(60)61,53(62)63)51(56)45-24-15-13-16-25-45)39-19-10-6-8-12-21-41-67-50(59)38-32-43-29-35-47(36-30-43)65-4-2/h13,15-18,23-38,51H,3-12,14,19-22,39-41,56-57H2,1-2H3,(H,60,61)(H,62,63). The average Bonchev–Trinajstić information content (AvgIpc) is 3.33. The van der Waals surface area contributed by atoms with Gasteiger partial charge in [-0.25, -0.2) is 9.59 Å². The van der Waals surface area contributed by atoms with Crippen LogP contribution in [0.5, 0.6) is 11.5 Å². The highest BCUT2D eigenvalue weighted by Gasteiger charge is 2.65. The van der Waals surface area contributed by atoms with Crippen LogP contribution in [0.3, 0.4) is 0 Å². The summed E-state index contributed by atoms with van der Waals surface area (Å²) in [7, 11) is 0. The summed E-state index contributed by atoms with van der Waals surface area (Å²) >= 11 is 0. The second-order valence-electron chi connectivity index (χ2n) is 16.7. The van der Waals surface area contributed by atoms with Crippen molar-refractivity contribution >= 4 is 36.0 Å². The minimum Gasteiger partial charge on any atom is -0.494 e. The maximum Gasteiger partial charge on any atom is 0.330 e. The molecule has 0 bridgehead atoms. The zero-order valence-electron chi connectivity index (χ0n) is 39.2. The molecule has 4 rings (SSSR count). The number of carbonyl (C=O) groups excluding carboxylic acids is 2. The van der Waals surface area contributed by atoms with Gasteiger partial charge < -0.3 is 40.6 Å². The molecule has 0 radical (unpaired) electrons. The molecule has 2 atom stereocenters. The molecular weight excluding hydrogens is 849 g/mol. The SMILES string of the molecule is CCOc1ccc(C=CC(=O)OCCCCCCCCc2ccccc2C(N)(CCCCCCCCOC(=O)C=Cc2ccc(OCC)cc2)C(C(=O)O)(C(=O)O)C(N)c2ccccc2)cc1. The number of rotatable bonds is 32. The van der Waals surface area contributed by atoms with Crippen molar-refractivity contribution in [3.8, 4) is 11.5 Å². The van der Waals surface area contributed by atoms with Crippen molar-refractivity contribution in [2.75, 3.05) is 26.4 Å². The lowest BCUT2D eigenvalue weighted by atomic mass is 9.58. The van der Waals surface area contributed by atoms with E-state index in [2.05, 4.69) is 0 Å². The van der Waals surface area contributed by atoms with E-state index in [-0.39, 0.29) is 19.0 Å². The maximum absolute atomic E-state index is 13.6. The molecule has 12 nitrogen and oxygen atoms in total. The fraction of sp³-hybridized carbons (Fsp3) is 0.418. The number of benzene rings is 4. The number of nitrogens with two attached hydrogens (primary N) is 2. The number of hydrogen-bond acceptors (Lipinski definition) is 10. The quantitative estimate of drug-likeness (QED) is 0.0157. The predicted molar refractivity (Wildman–Crippen MR) is 262 cm³/mol. The topological polar surface area (TPSA) is 198 Å². The van der Waals surface area contributed by atoms with E-state index in [1.807, 2.05) is 74.5 Å². The highest BCUT2D eigenvalue weighted by Crippen LogP contribution is 2.50. The van der Waals surface area contributed by atoms with Crippen LogP contribution in [0.4, 0.5) is 0 Å². The first-order chi connectivity index (χ1) is 32.5. The Morgan fingerprint density at radius 3 is 1.48 bits per heavy atom. The van der Waals surface area contributed by atoms with Gasteiger partial charge in [0, 0.05) is 12.2 Å². The number of unbranched alkanes of at least 4 members (excludes halogenated alkanes) is 10. The smallest absolute Gasteiger partial charge is 0.330 e. The second kappa shape index (κ2) is 28.7. The van der Waals surface area contributed by atoms with E-state index in [1.165, 1.54) is 12.2 Å². The van der Waals surface area contributed by atoms with Crippen molar-refractivity contribution in [3.05, 3.63) is 143 Å². The Labute approximate surface area is 396 Å². The lowest BCUT2D eigenvalue weighted by Gasteiger charge is -2.47. The van der Waals surface area contributed by atoms with Gasteiger partial charge in [0.1, 0.15) is 11.5 Å². The van der Waals surface area contributed by atoms with Gasteiger partial charge in [-0.05, 0) is 110 Å². The van der Waals surface area contributed by atoms with Crippen LogP contribution in [0.2, 0.25) is 0 Å². The molecule has 2 unspecified atom stereocenters. The number of carbonyl (C=O) groups is 4. The molecule has 0 aliphatic heterocycles. The van der Waals surface area contributed by atoms with Crippen molar-refractivity contribution in [2.45, 2.75) is 115 Å². The Hall–Kier alpha value is -6.24. The summed E-state index contributed by atoms with van der Waals surface area (Å²) in [6, 6.07) is 29.2. The van der Waals surface area contributed by atoms with Gasteiger partial charge in [0.25, 0.3) is 0 Å². The molecule has 0 spiro atoms. The monoisotopic (exact) mass is 919 g/mol. The Bertz CT molecular complexity index is 2160. The summed E-state index contributed by atoms with van der Waals surface area (Å²) in [5.74, 6) is -2.44. The fourth-order valence-electron chi connectivity index (χ4n) is 8.44. The molecule has 12 heteroatoms. The first kappa shape index (κ1) is 53.4. The van der Waals surface area contributed by atoms with E-state index in [4.69, 9.17) is 30.4 Å². The molecule has 0 heterocycles. The highest BCUT2D eigenvalue weighted by molar-refractivity contribution is 6.01. The van der Waals surface area contributed by atoms with Crippen LogP contribution in [0.25, 0.3) is 12.2 Å². The summed E-state index contributed by atoms with van der Waals surface area (Å²) in [6.07, 6.45) is 16.4. The van der Waals surface area contributed by atoms with Gasteiger partial charge in [-0.1, -0.05) is 137 Å². The van der Waals surface area contributed by atoms with Crippen molar-refractivity contribution in [3.63, 3.8) is 0 Å². The number of carboxylic acid groups (broad SMARTS) is 2. The minimum absolute atomic E-state index is 0.0728. The van der Waals surface area contributed by atoms with Crippen LogP contribution in [0, 0.1) is 5.41 Å². The van der Waals surface area contributed by atoms with Crippen LogP contribution in [-0.4, -0.2) is 60.5 Å². The zero-order chi connectivity index (χ0) is 48.3. The van der Waals surface area contributed by atoms with E-state index >= 15 is 0 Å². The first-order valence-electron chi connectivity index (χ1n) is 23.8. The van der Waals surface area contributed by atoms with Gasteiger partial charge in [-0.3, -0.25) is 9.59 Å². The molecule has 360 valence electrons. The van der Waals surface area contributed by atoms with Crippen LogP contribution in [0.1, 0.15) is 131 Å². The maximum atomic E-state index is 13.6. The molecule has 6 N–H and O–H groups in total. The summed E-state index contributed by atoms with van der Waals surface area (Å²) in [5.41, 5.74) is 13.0. The normalized spacial score (nSPS) is 13.0. The Balaban J connectivity index is 1.31. The zero-order valence-corrected chi connectivity index (χ0v) is 39.2. The van der Waals surface area contributed by atoms with Crippen LogP contribution in [0.15, 0.2) is 115 Å². The molecular formula is C55H70N2O10. The van der Waals surface area contributed by atoms with Crippen molar-refractivity contribution in [1.29, 1.82) is 0 Å². The van der Waals surface area contributed by atoms with Gasteiger partial charge in [-0.2, -0.15) is 0 Å². The van der Waals surface area contributed by atoms with Gasteiger partial charge >= 0.3 is 23.9 Å². The summed E-state index contributed by atoms with van der Waals surface area (Å²) in [5, 5.41) is 22.1. The van der Waals surface area contributed by atoms with E-state index in [9.17, 15) is 29.4 Å². The molecule has 0 amide bonds. The Kier molecular flexibility index (Phi) is 22.9. The minimum atomic E-state index is -2.61. The first-order valence-corrected chi connectivity index (χ1v) is 23.8. The Morgan fingerprint density at radius 2 is 1.00 bits per heavy atom. The number of ether oxygens (including phenoxy) is 4. The van der Waals surface area contributed by atoms with Gasteiger partial charge in [0.15, 0.2) is 0 Å². The van der Waals surface area contributed by atoms with Gasteiger partial charge in [0.2, 0.25) is 5.41 Å². The number of carboxylic acids is 2. The van der Waals surface area contributed by atoms with Crippen molar-refractivity contribution in [1.82, 2.24) is 0 Å². The average molecular weight is 919 g/mol. The second-order valence-corrected chi connectivity index (χ2v) is 16.7. The van der Waals surface area contributed by atoms with Crippen LogP contribution < -0.4 is 20.9 Å². The molecule has 4 aromatic rings. The van der Waals surface area contributed by atoms with E-state index in [0.717, 1.165) is 86.0 Å². The number of hydrogen-bond donors (Lipinski definition) is 4. The summed E-state index contributed by atoms with van der Waals surface area (Å²) < 4.78 is 21.7. The molecule has 4 aromatic carbocycles. The van der Waals surface area contributed by atoms with E-state index in [0.29, 0.717) is 56.6 Å². The summed E-state index contributed by atoms with van der Waals surface area (Å²) in [4.78, 5) is 51.7. The molecule has 0 saturated heterocycles. The third-order valence-corrected chi connectivity index (χ3v) is 12.0.